The highest BCUT2D eigenvalue weighted by Gasteiger charge is 2.22. The molecule has 1 fully saturated rings. The van der Waals surface area contributed by atoms with Crippen LogP contribution in [0.3, 0.4) is 0 Å². The van der Waals surface area contributed by atoms with Crippen molar-refractivity contribution < 1.29 is 0 Å². The average molecular weight is 293 g/mol. The van der Waals surface area contributed by atoms with Gasteiger partial charge in [-0.25, -0.2) is 0 Å². The number of hydrogen-bond acceptors (Lipinski definition) is 4. The van der Waals surface area contributed by atoms with E-state index in [-0.39, 0.29) is 5.54 Å². The second-order valence-electron chi connectivity index (χ2n) is 7.59. The summed E-state index contributed by atoms with van der Waals surface area (Å²) in [7, 11) is 0. The molecule has 2 unspecified atom stereocenters. The molecule has 2 rings (SSSR count). The van der Waals surface area contributed by atoms with Crippen LogP contribution in [0.15, 0.2) is 6.20 Å². The van der Waals surface area contributed by atoms with Crippen LogP contribution < -0.4 is 5.32 Å². The van der Waals surface area contributed by atoms with E-state index in [1.165, 1.54) is 19.4 Å². The van der Waals surface area contributed by atoms with Crippen molar-refractivity contribution in [3.63, 3.8) is 0 Å². The van der Waals surface area contributed by atoms with E-state index in [9.17, 15) is 0 Å². The smallest absolute Gasteiger partial charge is 0.0965 e. The third-order valence-electron chi connectivity index (χ3n) is 4.28. The predicted octanol–water partition coefficient (Wildman–Crippen LogP) is 2.29. The lowest BCUT2D eigenvalue weighted by Crippen LogP contribution is -2.41. The molecular formula is C16H31N5. The fourth-order valence-corrected chi connectivity index (χ4v) is 2.90. The Bertz CT molecular complexity index is 434. The summed E-state index contributed by atoms with van der Waals surface area (Å²) < 4.78 is 1.98. The number of nitrogens with zero attached hydrogens (tertiary/aromatic N) is 4. The molecule has 2 heterocycles. The first-order valence-corrected chi connectivity index (χ1v) is 8.21. The molecule has 120 valence electrons. The van der Waals surface area contributed by atoms with Crippen molar-refractivity contribution in [3.8, 4) is 0 Å². The SMILES string of the molecule is CC1CCN(CCn2cc(CNC(C)(C)C)nn2)C(C)C1. The molecule has 2 atom stereocenters. The van der Waals surface area contributed by atoms with Crippen LogP contribution in [0.4, 0.5) is 0 Å². The first-order valence-electron chi connectivity index (χ1n) is 8.21. The Morgan fingerprint density at radius 1 is 1.29 bits per heavy atom. The highest BCUT2D eigenvalue weighted by molar-refractivity contribution is 4.93. The van der Waals surface area contributed by atoms with Crippen LogP contribution in [0.2, 0.25) is 0 Å². The Morgan fingerprint density at radius 3 is 2.71 bits per heavy atom. The Morgan fingerprint density at radius 2 is 2.05 bits per heavy atom. The maximum Gasteiger partial charge on any atom is 0.0965 e. The molecule has 0 radical (unpaired) electrons. The summed E-state index contributed by atoms with van der Waals surface area (Å²) in [5, 5.41) is 11.9. The molecule has 1 saturated heterocycles. The van der Waals surface area contributed by atoms with Crippen LogP contribution in [-0.4, -0.2) is 44.6 Å². The minimum atomic E-state index is 0.115. The number of likely N-dealkylation sites (tertiary alicyclic amines) is 1. The van der Waals surface area contributed by atoms with Crippen LogP contribution in [0.1, 0.15) is 53.2 Å². The van der Waals surface area contributed by atoms with Gasteiger partial charge in [-0.15, -0.1) is 5.10 Å². The molecule has 1 N–H and O–H groups in total. The van der Waals surface area contributed by atoms with Crippen molar-refractivity contribution in [3.05, 3.63) is 11.9 Å². The maximum atomic E-state index is 4.25. The van der Waals surface area contributed by atoms with Gasteiger partial charge in [0, 0.05) is 30.9 Å². The summed E-state index contributed by atoms with van der Waals surface area (Å²) in [6, 6.07) is 0.694. The first-order chi connectivity index (χ1) is 9.83. The molecule has 1 aromatic heterocycles. The van der Waals surface area contributed by atoms with Gasteiger partial charge >= 0.3 is 0 Å². The third-order valence-corrected chi connectivity index (χ3v) is 4.28. The monoisotopic (exact) mass is 293 g/mol. The number of rotatable bonds is 5. The number of piperidine rings is 1. The lowest BCUT2D eigenvalue weighted by molar-refractivity contribution is 0.123. The van der Waals surface area contributed by atoms with Crippen LogP contribution in [0.5, 0.6) is 0 Å². The van der Waals surface area contributed by atoms with E-state index in [0.717, 1.165) is 31.2 Å². The quantitative estimate of drug-likeness (QED) is 0.905. The summed E-state index contributed by atoms with van der Waals surface area (Å²) in [5.41, 5.74) is 1.13. The minimum absolute atomic E-state index is 0.115. The molecule has 5 heteroatoms. The predicted molar refractivity (Wildman–Crippen MR) is 86.0 cm³/mol. The van der Waals surface area contributed by atoms with E-state index in [4.69, 9.17) is 0 Å². The zero-order chi connectivity index (χ0) is 15.5. The van der Waals surface area contributed by atoms with Crippen molar-refractivity contribution in [1.29, 1.82) is 0 Å². The average Bonchev–Trinajstić information content (AvgIpc) is 2.82. The van der Waals surface area contributed by atoms with Gasteiger partial charge in [0.1, 0.15) is 0 Å². The van der Waals surface area contributed by atoms with Crippen molar-refractivity contribution in [1.82, 2.24) is 25.2 Å². The van der Waals surface area contributed by atoms with Crippen molar-refractivity contribution >= 4 is 0 Å². The van der Waals surface area contributed by atoms with Gasteiger partial charge in [0.15, 0.2) is 0 Å². The van der Waals surface area contributed by atoms with Gasteiger partial charge in [0.25, 0.3) is 0 Å². The second-order valence-corrected chi connectivity index (χ2v) is 7.59. The molecule has 0 aliphatic carbocycles. The largest absolute Gasteiger partial charge is 0.306 e. The lowest BCUT2D eigenvalue weighted by atomic mass is 9.93. The summed E-state index contributed by atoms with van der Waals surface area (Å²) in [4.78, 5) is 2.58. The topological polar surface area (TPSA) is 46.0 Å². The van der Waals surface area contributed by atoms with Crippen LogP contribution in [0, 0.1) is 5.92 Å². The minimum Gasteiger partial charge on any atom is -0.306 e. The number of hydrogen-bond donors (Lipinski definition) is 1. The van der Waals surface area contributed by atoms with Gasteiger partial charge < -0.3 is 5.32 Å². The van der Waals surface area contributed by atoms with Crippen LogP contribution in [0.25, 0.3) is 0 Å². The molecule has 1 aliphatic heterocycles. The van der Waals surface area contributed by atoms with E-state index in [1.54, 1.807) is 0 Å². The zero-order valence-electron chi connectivity index (χ0n) is 14.3. The molecule has 5 nitrogen and oxygen atoms in total. The van der Waals surface area contributed by atoms with E-state index >= 15 is 0 Å². The van der Waals surface area contributed by atoms with Crippen molar-refractivity contribution in [2.24, 2.45) is 5.92 Å². The Balaban J connectivity index is 1.77. The van der Waals surface area contributed by atoms with E-state index in [2.05, 4.69) is 61.3 Å². The Kier molecular flexibility index (Phi) is 5.38. The highest BCUT2D eigenvalue weighted by atomic mass is 15.4. The second kappa shape index (κ2) is 6.88. The van der Waals surface area contributed by atoms with Gasteiger partial charge in [-0.05, 0) is 53.0 Å². The molecule has 0 aromatic carbocycles. The van der Waals surface area contributed by atoms with Crippen molar-refractivity contribution in [2.45, 2.75) is 72.1 Å². The summed E-state index contributed by atoms with van der Waals surface area (Å²) in [6.45, 7) is 15.2. The van der Waals surface area contributed by atoms with E-state index < -0.39 is 0 Å². The fraction of sp³-hybridized carbons (Fsp3) is 0.875. The van der Waals surface area contributed by atoms with E-state index in [1.807, 2.05) is 4.68 Å². The summed E-state index contributed by atoms with van der Waals surface area (Å²) >= 11 is 0. The van der Waals surface area contributed by atoms with Gasteiger partial charge in [-0.1, -0.05) is 12.1 Å². The Labute approximate surface area is 129 Å². The molecule has 1 aromatic rings. The normalized spacial score (nSPS) is 24.4. The van der Waals surface area contributed by atoms with Gasteiger partial charge in [0.2, 0.25) is 0 Å². The van der Waals surface area contributed by atoms with E-state index in [0.29, 0.717) is 6.04 Å². The molecule has 0 bridgehead atoms. The molecule has 21 heavy (non-hydrogen) atoms. The molecule has 1 aliphatic rings. The molecular weight excluding hydrogens is 262 g/mol. The maximum absolute atomic E-state index is 4.25. The zero-order valence-corrected chi connectivity index (χ0v) is 14.3. The third kappa shape index (κ3) is 5.40. The van der Waals surface area contributed by atoms with Crippen LogP contribution >= 0.6 is 0 Å². The van der Waals surface area contributed by atoms with Crippen molar-refractivity contribution in [2.75, 3.05) is 13.1 Å². The van der Waals surface area contributed by atoms with Crippen LogP contribution in [-0.2, 0) is 13.1 Å². The lowest BCUT2D eigenvalue weighted by Gasteiger charge is -2.36. The standard InChI is InChI=1S/C16H31N5/c1-13-6-7-20(14(2)10-13)8-9-21-12-15(18-19-21)11-17-16(3,4)5/h12-14,17H,6-11H2,1-5H3. The Hall–Kier alpha value is -0.940. The molecule has 0 spiro atoms. The van der Waals surface area contributed by atoms with Gasteiger partial charge in [-0.3, -0.25) is 9.58 Å². The highest BCUT2D eigenvalue weighted by Crippen LogP contribution is 2.21. The first kappa shape index (κ1) is 16.4. The molecule has 0 saturated carbocycles. The number of nitrogens with one attached hydrogen (secondary N) is 1. The summed E-state index contributed by atoms with van der Waals surface area (Å²) in [6.07, 6.45) is 4.70. The fourth-order valence-electron chi connectivity index (χ4n) is 2.90. The van der Waals surface area contributed by atoms with Gasteiger partial charge in [0.05, 0.1) is 12.2 Å². The number of aromatic nitrogens is 3. The summed E-state index contributed by atoms with van der Waals surface area (Å²) in [5.74, 6) is 0.873. The van der Waals surface area contributed by atoms with Gasteiger partial charge in [-0.2, -0.15) is 0 Å². The molecule has 0 amide bonds.